The van der Waals surface area contributed by atoms with Gasteiger partial charge in [0, 0.05) is 26.7 Å². The standard InChI is InChI=1S/C23H27N5O3/c1-3-28-22(30)18-6-4-16(13-20(18)26-23(28)31)12-15-8-10-27(11-9-15)17-5-7-19(25-14-17)21(29)24-2/h4-7,13-15H,3,8-12H2,1-2H3,(H,24,29)(H,26,31). The molecule has 0 atom stereocenters. The number of nitrogens with zero attached hydrogens (tertiary/aromatic N) is 3. The normalized spacial score (nSPS) is 14.7. The molecule has 0 radical (unpaired) electrons. The first-order valence-corrected chi connectivity index (χ1v) is 10.7. The van der Waals surface area contributed by atoms with Gasteiger partial charge in [0.2, 0.25) is 0 Å². The minimum Gasteiger partial charge on any atom is -0.370 e. The van der Waals surface area contributed by atoms with E-state index in [4.69, 9.17) is 0 Å². The number of H-pyrrole nitrogens is 1. The summed E-state index contributed by atoms with van der Waals surface area (Å²) in [5.41, 5.74) is 2.59. The van der Waals surface area contributed by atoms with Gasteiger partial charge in [-0.2, -0.15) is 0 Å². The van der Waals surface area contributed by atoms with Crippen molar-refractivity contribution in [2.45, 2.75) is 32.7 Å². The summed E-state index contributed by atoms with van der Waals surface area (Å²) in [7, 11) is 1.59. The number of pyridine rings is 1. The van der Waals surface area contributed by atoms with Crippen LogP contribution in [0.25, 0.3) is 10.9 Å². The Morgan fingerprint density at radius 3 is 2.61 bits per heavy atom. The number of hydrogen-bond acceptors (Lipinski definition) is 5. The summed E-state index contributed by atoms with van der Waals surface area (Å²) < 4.78 is 1.22. The number of amides is 1. The van der Waals surface area contributed by atoms with Gasteiger partial charge >= 0.3 is 5.69 Å². The van der Waals surface area contributed by atoms with Crippen molar-refractivity contribution in [3.63, 3.8) is 0 Å². The molecule has 1 aliphatic rings. The second-order valence-electron chi connectivity index (χ2n) is 7.97. The molecule has 8 nitrogen and oxygen atoms in total. The molecule has 31 heavy (non-hydrogen) atoms. The summed E-state index contributed by atoms with van der Waals surface area (Å²) in [6.45, 7) is 4.00. The van der Waals surface area contributed by atoms with Crippen molar-refractivity contribution in [1.29, 1.82) is 0 Å². The molecule has 2 N–H and O–H groups in total. The molecule has 1 fully saturated rings. The van der Waals surface area contributed by atoms with Crippen molar-refractivity contribution in [3.05, 3.63) is 68.6 Å². The van der Waals surface area contributed by atoms with Gasteiger partial charge in [0.05, 0.1) is 22.8 Å². The van der Waals surface area contributed by atoms with Gasteiger partial charge in [-0.05, 0) is 61.9 Å². The quantitative estimate of drug-likeness (QED) is 0.656. The first-order chi connectivity index (χ1) is 15.0. The van der Waals surface area contributed by atoms with Crippen LogP contribution in [0.5, 0.6) is 0 Å². The van der Waals surface area contributed by atoms with Crippen molar-refractivity contribution in [3.8, 4) is 0 Å². The van der Waals surface area contributed by atoms with E-state index >= 15 is 0 Å². The maximum atomic E-state index is 12.4. The Hall–Kier alpha value is -3.42. The second-order valence-corrected chi connectivity index (χ2v) is 7.97. The molecule has 8 heteroatoms. The summed E-state index contributed by atoms with van der Waals surface area (Å²) >= 11 is 0. The zero-order chi connectivity index (χ0) is 22.0. The summed E-state index contributed by atoms with van der Waals surface area (Å²) in [5, 5.41) is 3.13. The molecule has 162 valence electrons. The molecule has 3 aromatic rings. The highest BCUT2D eigenvalue weighted by Gasteiger charge is 2.20. The zero-order valence-electron chi connectivity index (χ0n) is 17.9. The van der Waals surface area contributed by atoms with Gasteiger partial charge in [0.25, 0.3) is 11.5 Å². The van der Waals surface area contributed by atoms with Crippen molar-refractivity contribution < 1.29 is 4.79 Å². The molecule has 1 aromatic carbocycles. The molecule has 1 saturated heterocycles. The number of hydrogen-bond donors (Lipinski definition) is 2. The first-order valence-electron chi connectivity index (χ1n) is 10.7. The van der Waals surface area contributed by atoms with E-state index in [2.05, 4.69) is 20.2 Å². The zero-order valence-corrected chi connectivity index (χ0v) is 17.9. The van der Waals surface area contributed by atoms with Crippen LogP contribution >= 0.6 is 0 Å². The molecule has 0 bridgehead atoms. The molecular formula is C23H27N5O3. The molecule has 1 aliphatic heterocycles. The van der Waals surface area contributed by atoms with E-state index in [1.807, 2.05) is 24.3 Å². The number of nitrogens with one attached hydrogen (secondary N) is 2. The maximum Gasteiger partial charge on any atom is 0.328 e. The minimum absolute atomic E-state index is 0.185. The summed E-state index contributed by atoms with van der Waals surface area (Å²) in [6, 6.07) is 9.45. The Morgan fingerprint density at radius 2 is 1.97 bits per heavy atom. The number of carbonyl (C=O) groups excluding carboxylic acids is 1. The van der Waals surface area contributed by atoms with Gasteiger partial charge in [0.1, 0.15) is 5.69 Å². The van der Waals surface area contributed by atoms with E-state index in [-0.39, 0.29) is 17.2 Å². The Balaban J connectivity index is 1.42. The van der Waals surface area contributed by atoms with Crippen molar-refractivity contribution in [1.82, 2.24) is 19.9 Å². The lowest BCUT2D eigenvalue weighted by molar-refractivity contribution is 0.0958. The average Bonchev–Trinajstić information content (AvgIpc) is 2.79. The first kappa shape index (κ1) is 20.8. The molecule has 0 saturated carbocycles. The molecule has 3 heterocycles. The van der Waals surface area contributed by atoms with Gasteiger partial charge in [0.15, 0.2) is 0 Å². The van der Waals surface area contributed by atoms with Crippen LogP contribution in [-0.2, 0) is 13.0 Å². The van der Waals surface area contributed by atoms with Crippen LogP contribution in [0.15, 0.2) is 46.1 Å². The number of aromatic nitrogens is 3. The van der Waals surface area contributed by atoms with Crippen LogP contribution in [-0.4, -0.2) is 40.6 Å². The fourth-order valence-corrected chi connectivity index (χ4v) is 4.28. The maximum absolute atomic E-state index is 12.4. The van der Waals surface area contributed by atoms with Crippen LogP contribution < -0.4 is 21.5 Å². The van der Waals surface area contributed by atoms with Crippen molar-refractivity contribution >= 4 is 22.5 Å². The van der Waals surface area contributed by atoms with E-state index in [0.717, 1.165) is 43.6 Å². The highest BCUT2D eigenvalue weighted by molar-refractivity contribution is 5.92. The van der Waals surface area contributed by atoms with Crippen molar-refractivity contribution in [2.75, 3.05) is 25.0 Å². The Labute approximate surface area is 179 Å². The lowest BCUT2D eigenvalue weighted by atomic mass is 9.89. The summed E-state index contributed by atoms with van der Waals surface area (Å²) in [6.07, 6.45) is 4.76. The predicted molar refractivity (Wildman–Crippen MR) is 121 cm³/mol. The second kappa shape index (κ2) is 8.75. The predicted octanol–water partition coefficient (Wildman–Crippen LogP) is 1.92. The van der Waals surface area contributed by atoms with Crippen LogP contribution in [0, 0.1) is 5.92 Å². The Bertz CT molecular complexity index is 1200. The number of anilines is 1. The van der Waals surface area contributed by atoms with E-state index in [0.29, 0.717) is 29.1 Å². The monoisotopic (exact) mass is 421 g/mol. The Kier molecular flexibility index (Phi) is 5.88. The third kappa shape index (κ3) is 4.23. The van der Waals surface area contributed by atoms with Crippen LogP contribution in [0.3, 0.4) is 0 Å². The molecule has 1 amide bonds. The molecule has 4 rings (SSSR count). The van der Waals surface area contributed by atoms with Gasteiger partial charge in [-0.15, -0.1) is 0 Å². The number of aromatic amines is 1. The average molecular weight is 422 g/mol. The molecule has 0 aliphatic carbocycles. The molecule has 2 aromatic heterocycles. The fourth-order valence-electron chi connectivity index (χ4n) is 4.28. The van der Waals surface area contributed by atoms with E-state index in [1.54, 1.807) is 26.2 Å². The van der Waals surface area contributed by atoms with Gasteiger partial charge in [-0.1, -0.05) is 6.07 Å². The van der Waals surface area contributed by atoms with E-state index < -0.39 is 0 Å². The molecule has 0 unspecified atom stereocenters. The third-order valence-electron chi connectivity index (χ3n) is 6.07. The summed E-state index contributed by atoms with van der Waals surface area (Å²) in [4.78, 5) is 45.6. The molecular weight excluding hydrogens is 394 g/mol. The summed E-state index contributed by atoms with van der Waals surface area (Å²) in [5.74, 6) is 0.352. The fraction of sp³-hybridized carbons (Fsp3) is 0.391. The lowest BCUT2D eigenvalue weighted by Gasteiger charge is -2.33. The molecule has 0 spiro atoms. The SMILES string of the molecule is CCn1c(=O)[nH]c2cc(CC3CCN(c4ccc(C(=O)NC)nc4)CC3)ccc2c1=O. The number of benzene rings is 1. The minimum atomic E-state index is -0.360. The van der Waals surface area contributed by atoms with Gasteiger partial charge in [-0.3, -0.25) is 14.2 Å². The highest BCUT2D eigenvalue weighted by atomic mass is 16.2. The lowest BCUT2D eigenvalue weighted by Crippen LogP contribution is -2.35. The number of rotatable bonds is 5. The van der Waals surface area contributed by atoms with Gasteiger partial charge in [-0.25, -0.2) is 9.78 Å². The van der Waals surface area contributed by atoms with E-state index in [9.17, 15) is 14.4 Å². The number of carbonyl (C=O) groups is 1. The topological polar surface area (TPSA) is 100 Å². The van der Waals surface area contributed by atoms with Crippen molar-refractivity contribution in [2.24, 2.45) is 5.92 Å². The van der Waals surface area contributed by atoms with E-state index in [1.165, 1.54) is 4.57 Å². The number of fused-ring (bicyclic) bond motifs is 1. The Morgan fingerprint density at radius 1 is 1.19 bits per heavy atom. The van der Waals surface area contributed by atoms with Crippen LogP contribution in [0.4, 0.5) is 5.69 Å². The van der Waals surface area contributed by atoms with Crippen LogP contribution in [0.2, 0.25) is 0 Å². The number of piperidine rings is 1. The highest BCUT2D eigenvalue weighted by Crippen LogP contribution is 2.26. The smallest absolute Gasteiger partial charge is 0.328 e. The largest absolute Gasteiger partial charge is 0.370 e. The third-order valence-corrected chi connectivity index (χ3v) is 6.07. The van der Waals surface area contributed by atoms with Gasteiger partial charge < -0.3 is 15.2 Å². The van der Waals surface area contributed by atoms with Crippen LogP contribution in [0.1, 0.15) is 35.8 Å².